The lowest BCUT2D eigenvalue weighted by atomic mass is 9.94. The predicted molar refractivity (Wildman–Crippen MR) is 127 cm³/mol. The molecule has 0 bridgehead atoms. The van der Waals surface area contributed by atoms with E-state index in [1.54, 1.807) is 34.4 Å². The average molecular weight is 469 g/mol. The van der Waals surface area contributed by atoms with Crippen LogP contribution >= 0.6 is 11.3 Å². The Morgan fingerprint density at radius 2 is 2.03 bits per heavy atom. The molecule has 1 aliphatic rings. The van der Waals surface area contributed by atoms with Gasteiger partial charge in [0, 0.05) is 51.3 Å². The molecule has 0 radical (unpaired) electrons. The standard InChI is InChI=1S/C25H29FN4O2S/c1-18(31)28-23(16-21-4-2-3-5-22(21)26)25(32)30-12-7-20(8-13-30)24-27-10-14-29(24)11-6-19-9-15-33-17-19/h2-5,9-10,14-15,17,20,23H,6-8,11-13,16H2,1H3,(H,28,31). The van der Waals surface area contributed by atoms with Crippen LogP contribution < -0.4 is 5.32 Å². The second-order valence-corrected chi connectivity index (χ2v) is 9.29. The summed E-state index contributed by atoms with van der Waals surface area (Å²) < 4.78 is 16.4. The molecule has 0 aliphatic carbocycles. The van der Waals surface area contributed by atoms with Gasteiger partial charge in [-0.25, -0.2) is 9.37 Å². The summed E-state index contributed by atoms with van der Waals surface area (Å²) in [7, 11) is 0. The van der Waals surface area contributed by atoms with Gasteiger partial charge in [0.25, 0.3) is 0 Å². The largest absolute Gasteiger partial charge is 0.344 e. The molecule has 0 spiro atoms. The third-order valence-corrected chi connectivity index (χ3v) is 6.93. The van der Waals surface area contributed by atoms with Gasteiger partial charge in [-0.3, -0.25) is 9.59 Å². The fourth-order valence-corrected chi connectivity index (χ4v) is 5.17. The molecule has 1 unspecified atom stereocenters. The van der Waals surface area contributed by atoms with Gasteiger partial charge in [-0.05, 0) is 53.3 Å². The first-order valence-corrected chi connectivity index (χ1v) is 12.3. The zero-order valence-electron chi connectivity index (χ0n) is 18.7. The number of hydrogen-bond donors (Lipinski definition) is 1. The number of halogens is 1. The maximum absolute atomic E-state index is 14.1. The smallest absolute Gasteiger partial charge is 0.245 e. The van der Waals surface area contributed by atoms with Crippen LogP contribution in [-0.4, -0.2) is 45.4 Å². The Balaban J connectivity index is 1.37. The number of aryl methyl sites for hydroxylation is 2. The van der Waals surface area contributed by atoms with E-state index in [1.807, 2.05) is 12.4 Å². The number of carbonyl (C=O) groups is 2. The summed E-state index contributed by atoms with van der Waals surface area (Å²) in [6.07, 6.45) is 6.61. The van der Waals surface area contributed by atoms with Gasteiger partial charge in [-0.2, -0.15) is 11.3 Å². The number of nitrogens with zero attached hydrogens (tertiary/aromatic N) is 3. The van der Waals surface area contributed by atoms with Crippen LogP contribution in [0, 0.1) is 5.82 Å². The number of rotatable bonds is 8. The van der Waals surface area contributed by atoms with E-state index in [0.717, 1.165) is 31.6 Å². The van der Waals surface area contributed by atoms with E-state index in [-0.39, 0.29) is 30.0 Å². The van der Waals surface area contributed by atoms with E-state index in [1.165, 1.54) is 18.6 Å². The minimum atomic E-state index is -0.774. The van der Waals surface area contributed by atoms with Crippen LogP contribution in [0.15, 0.2) is 53.5 Å². The molecule has 174 valence electrons. The van der Waals surface area contributed by atoms with Crippen molar-refractivity contribution in [3.05, 3.63) is 76.3 Å². The van der Waals surface area contributed by atoms with E-state index < -0.39 is 6.04 Å². The third kappa shape index (κ3) is 5.87. The number of piperidine rings is 1. The molecular weight excluding hydrogens is 439 g/mol. The van der Waals surface area contributed by atoms with Crippen molar-refractivity contribution in [2.75, 3.05) is 13.1 Å². The first-order chi connectivity index (χ1) is 16.0. The quantitative estimate of drug-likeness (QED) is 0.547. The Labute approximate surface area is 197 Å². The summed E-state index contributed by atoms with van der Waals surface area (Å²) in [5, 5.41) is 6.99. The number of nitrogens with one attached hydrogen (secondary N) is 1. The van der Waals surface area contributed by atoms with Gasteiger partial charge in [0.1, 0.15) is 17.7 Å². The molecule has 1 atom stereocenters. The molecule has 0 saturated carbocycles. The Morgan fingerprint density at radius 3 is 2.73 bits per heavy atom. The second-order valence-electron chi connectivity index (χ2n) is 8.51. The van der Waals surface area contributed by atoms with Crippen molar-refractivity contribution in [3.63, 3.8) is 0 Å². The van der Waals surface area contributed by atoms with E-state index >= 15 is 0 Å². The summed E-state index contributed by atoms with van der Waals surface area (Å²) in [5.74, 6) is 0.535. The summed E-state index contributed by atoms with van der Waals surface area (Å²) in [5.41, 5.74) is 1.76. The SMILES string of the molecule is CC(=O)NC(Cc1ccccc1F)C(=O)N1CCC(c2nccn2CCc2ccsc2)CC1. The van der Waals surface area contributed by atoms with E-state index in [4.69, 9.17) is 0 Å². The fraction of sp³-hybridized carbons (Fsp3) is 0.400. The van der Waals surface area contributed by atoms with Gasteiger partial charge in [0.05, 0.1) is 0 Å². The molecule has 1 saturated heterocycles. The van der Waals surface area contributed by atoms with Crippen molar-refractivity contribution in [1.82, 2.24) is 19.8 Å². The Hall–Kier alpha value is -3.00. The van der Waals surface area contributed by atoms with Crippen LogP contribution in [0.25, 0.3) is 0 Å². The van der Waals surface area contributed by atoms with E-state index in [9.17, 15) is 14.0 Å². The third-order valence-electron chi connectivity index (χ3n) is 6.20. The van der Waals surface area contributed by atoms with Crippen LogP contribution in [0.2, 0.25) is 0 Å². The van der Waals surface area contributed by atoms with Crippen molar-refractivity contribution in [2.24, 2.45) is 0 Å². The summed E-state index contributed by atoms with van der Waals surface area (Å²) in [6, 6.07) is 7.75. The number of likely N-dealkylation sites (tertiary alicyclic amines) is 1. The molecular formula is C25H29FN4O2S. The highest BCUT2D eigenvalue weighted by Gasteiger charge is 2.31. The van der Waals surface area contributed by atoms with Crippen molar-refractivity contribution >= 4 is 23.2 Å². The summed E-state index contributed by atoms with van der Waals surface area (Å²) in [6.45, 7) is 3.45. The topological polar surface area (TPSA) is 67.2 Å². The van der Waals surface area contributed by atoms with Crippen LogP contribution in [0.3, 0.4) is 0 Å². The molecule has 3 heterocycles. The van der Waals surface area contributed by atoms with Gasteiger partial charge in [-0.1, -0.05) is 18.2 Å². The lowest BCUT2D eigenvalue weighted by Crippen LogP contribution is -2.51. The number of amides is 2. The van der Waals surface area contributed by atoms with E-state index in [2.05, 4.69) is 31.7 Å². The normalized spacial score (nSPS) is 15.4. The molecule has 2 amide bonds. The van der Waals surface area contributed by atoms with Crippen LogP contribution in [0.5, 0.6) is 0 Å². The average Bonchev–Trinajstić information content (AvgIpc) is 3.50. The molecule has 3 aromatic rings. The monoisotopic (exact) mass is 468 g/mol. The number of imidazole rings is 1. The molecule has 2 aromatic heterocycles. The minimum absolute atomic E-state index is 0.137. The van der Waals surface area contributed by atoms with Crippen LogP contribution in [-0.2, 0) is 29.0 Å². The zero-order chi connectivity index (χ0) is 23.2. The number of carbonyl (C=O) groups excluding carboxylic acids is 2. The molecule has 1 fully saturated rings. The van der Waals surface area contributed by atoms with Crippen molar-refractivity contribution in [3.8, 4) is 0 Å². The Kier molecular flexibility index (Phi) is 7.54. The van der Waals surface area contributed by atoms with Gasteiger partial charge in [0.2, 0.25) is 11.8 Å². The highest BCUT2D eigenvalue weighted by molar-refractivity contribution is 7.07. The fourth-order valence-electron chi connectivity index (χ4n) is 4.46. The Morgan fingerprint density at radius 1 is 1.24 bits per heavy atom. The first-order valence-electron chi connectivity index (χ1n) is 11.3. The molecule has 1 aliphatic heterocycles. The van der Waals surface area contributed by atoms with Gasteiger partial charge < -0.3 is 14.8 Å². The molecule has 33 heavy (non-hydrogen) atoms. The molecule has 1 N–H and O–H groups in total. The highest BCUT2D eigenvalue weighted by Crippen LogP contribution is 2.28. The van der Waals surface area contributed by atoms with Crippen LogP contribution in [0.1, 0.15) is 42.6 Å². The number of thiophene rings is 1. The molecule has 1 aromatic carbocycles. The van der Waals surface area contributed by atoms with Crippen molar-refractivity contribution in [2.45, 2.75) is 51.1 Å². The van der Waals surface area contributed by atoms with Crippen molar-refractivity contribution in [1.29, 1.82) is 0 Å². The number of aromatic nitrogens is 2. The zero-order valence-corrected chi connectivity index (χ0v) is 19.6. The Bertz CT molecular complexity index is 1070. The maximum Gasteiger partial charge on any atom is 0.245 e. The first kappa shape index (κ1) is 23.2. The number of hydrogen-bond acceptors (Lipinski definition) is 4. The molecule has 6 nitrogen and oxygen atoms in total. The highest BCUT2D eigenvalue weighted by atomic mass is 32.1. The van der Waals surface area contributed by atoms with Crippen molar-refractivity contribution < 1.29 is 14.0 Å². The van der Waals surface area contributed by atoms with Gasteiger partial charge >= 0.3 is 0 Å². The summed E-state index contributed by atoms with van der Waals surface area (Å²) >= 11 is 1.71. The lowest BCUT2D eigenvalue weighted by Gasteiger charge is -2.34. The number of benzene rings is 1. The lowest BCUT2D eigenvalue weighted by molar-refractivity contribution is -0.137. The predicted octanol–water partition coefficient (Wildman–Crippen LogP) is 3.78. The maximum atomic E-state index is 14.1. The van der Waals surface area contributed by atoms with Gasteiger partial charge in [-0.15, -0.1) is 0 Å². The molecule has 4 rings (SSSR count). The minimum Gasteiger partial charge on any atom is -0.344 e. The summed E-state index contributed by atoms with van der Waals surface area (Å²) in [4.78, 5) is 31.3. The van der Waals surface area contributed by atoms with Gasteiger partial charge in [0.15, 0.2) is 0 Å². The van der Waals surface area contributed by atoms with E-state index in [0.29, 0.717) is 18.7 Å². The van der Waals surface area contributed by atoms with Crippen LogP contribution in [0.4, 0.5) is 4.39 Å². The molecule has 8 heteroatoms. The second kappa shape index (κ2) is 10.7.